The van der Waals surface area contributed by atoms with Crippen LogP contribution in [0.4, 0.5) is 0 Å². The van der Waals surface area contributed by atoms with Crippen LogP contribution in [0.2, 0.25) is 0 Å². The predicted octanol–water partition coefficient (Wildman–Crippen LogP) is 3.62. The minimum atomic E-state index is 0. The van der Waals surface area contributed by atoms with Crippen LogP contribution in [0.1, 0.15) is 65.5 Å². The zero-order valence-corrected chi connectivity index (χ0v) is 20.7. The van der Waals surface area contributed by atoms with Crippen molar-refractivity contribution in [3.63, 3.8) is 0 Å². The molecule has 116 valence electrons. The van der Waals surface area contributed by atoms with Crippen LogP contribution in [0, 0.1) is 6.07 Å². The maximum absolute atomic E-state index is 3.17. The van der Waals surface area contributed by atoms with Gasteiger partial charge in [0.1, 0.15) is 0 Å². The zero-order valence-electron chi connectivity index (χ0n) is 15.8. The maximum Gasteiger partial charge on any atom is 1.00 e. The van der Waals surface area contributed by atoms with Crippen molar-refractivity contribution in [2.24, 2.45) is 0 Å². The molecular formula is C21H31Rb. The van der Waals surface area contributed by atoms with E-state index >= 15 is 0 Å². The van der Waals surface area contributed by atoms with Crippen molar-refractivity contribution >= 4 is 0 Å². The maximum atomic E-state index is 3.17. The van der Waals surface area contributed by atoms with E-state index in [0.29, 0.717) is 11.3 Å². The molecule has 0 fully saturated rings. The minimum Gasteiger partial charge on any atom is -0.180 e. The van der Waals surface area contributed by atoms with Gasteiger partial charge in [-0.15, -0.1) is 0 Å². The van der Waals surface area contributed by atoms with E-state index < -0.39 is 0 Å². The first-order valence-electron chi connectivity index (χ1n) is 7.93. The Balaban J connectivity index is 0. The molecule has 22 heavy (non-hydrogen) atoms. The van der Waals surface area contributed by atoms with Gasteiger partial charge in [0, 0.05) is 0 Å². The average Bonchev–Trinajstić information content (AvgIpc) is 2.51. The van der Waals surface area contributed by atoms with Gasteiger partial charge >= 0.3 is 58.2 Å². The summed E-state index contributed by atoms with van der Waals surface area (Å²) in [5, 5.41) is 0. The molecule has 0 saturated heterocycles. The molecule has 0 heterocycles. The third-order valence-corrected chi connectivity index (χ3v) is 2.99. The van der Waals surface area contributed by atoms with Crippen molar-refractivity contribution < 1.29 is 58.2 Å². The van der Waals surface area contributed by atoms with Crippen LogP contribution in [0.3, 0.4) is 0 Å². The standard InChI is InChI=1S/C10H14.C9H11.C2H6.Rb/c1-10(2,3)9-7-5-4-6-8-9;1-8(2)9-6-4-3-5-7-9;1-2;/h4-8H,1-3H3;3-6,8H,1-2H3;1-2H3;/q;-1;;+1. The van der Waals surface area contributed by atoms with Crippen LogP contribution in [-0.2, 0) is 5.41 Å². The number of hydrogen-bond acceptors (Lipinski definition) is 0. The summed E-state index contributed by atoms with van der Waals surface area (Å²) >= 11 is 0. The van der Waals surface area contributed by atoms with Crippen LogP contribution in [0.5, 0.6) is 0 Å². The first-order chi connectivity index (χ1) is 9.91. The van der Waals surface area contributed by atoms with Gasteiger partial charge in [0.15, 0.2) is 0 Å². The fourth-order valence-corrected chi connectivity index (χ4v) is 1.70. The Morgan fingerprint density at radius 1 is 0.818 bits per heavy atom. The summed E-state index contributed by atoms with van der Waals surface area (Å²) in [7, 11) is 0. The molecule has 0 radical (unpaired) electrons. The number of benzene rings is 2. The molecular weight excluding hydrogens is 338 g/mol. The number of hydrogen-bond donors (Lipinski definition) is 0. The van der Waals surface area contributed by atoms with Crippen LogP contribution >= 0.6 is 0 Å². The van der Waals surface area contributed by atoms with Crippen LogP contribution in [0.25, 0.3) is 0 Å². The van der Waals surface area contributed by atoms with Crippen molar-refractivity contribution in [2.75, 3.05) is 0 Å². The van der Waals surface area contributed by atoms with Gasteiger partial charge in [-0.2, -0.15) is 35.9 Å². The minimum absolute atomic E-state index is 0. The summed E-state index contributed by atoms with van der Waals surface area (Å²) in [6.07, 6.45) is 0. The van der Waals surface area contributed by atoms with Crippen molar-refractivity contribution in [1.82, 2.24) is 0 Å². The van der Waals surface area contributed by atoms with Crippen LogP contribution < -0.4 is 58.2 Å². The summed E-state index contributed by atoms with van der Waals surface area (Å²) in [6.45, 7) is 15.0. The van der Waals surface area contributed by atoms with Crippen LogP contribution in [-0.4, -0.2) is 0 Å². The molecule has 0 N–H and O–H groups in total. The molecule has 0 saturated carbocycles. The molecule has 0 aliphatic heterocycles. The SMILES string of the molecule is CC.CC(C)(C)c1ccccc1.CC(C)c1[c-]cccc1.[Rb+]. The molecule has 0 aliphatic carbocycles. The molecule has 0 bridgehead atoms. The third-order valence-electron chi connectivity index (χ3n) is 2.99. The molecule has 1 heteroatoms. The molecule has 0 nitrogen and oxygen atoms in total. The van der Waals surface area contributed by atoms with E-state index in [1.165, 1.54) is 11.1 Å². The second-order valence-corrected chi connectivity index (χ2v) is 6.09. The quantitative estimate of drug-likeness (QED) is 0.674. The van der Waals surface area contributed by atoms with E-state index in [-0.39, 0.29) is 58.2 Å². The van der Waals surface area contributed by atoms with Gasteiger partial charge in [0.05, 0.1) is 0 Å². The molecule has 0 unspecified atom stereocenters. The molecule has 0 spiro atoms. The van der Waals surface area contributed by atoms with E-state index in [1.54, 1.807) is 0 Å². The van der Waals surface area contributed by atoms with Gasteiger partial charge in [0.2, 0.25) is 0 Å². The Morgan fingerprint density at radius 3 is 1.59 bits per heavy atom. The molecule has 0 amide bonds. The van der Waals surface area contributed by atoms with Gasteiger partial charge < -0.3 is 0 Å². The Bertz CT molecular complexity index is 452. The fraction of sp³-hybridized carbons (Fsp3) is 0.429. The Labute approximate surface area is 187 Å². The topological polar surface area (TPSA) is 0 Å². The zero-order chi connectivity index (χ0) is 16.3. The van der Waals surface area contributed by atoms with Gasteiger partial charge in [0.25, 0.3) is 0 Å². The average molecular weight is 369 g/mol. The van der Waals surface area contributed by atoms with E-state index in [9.17, 15) is 0 Å². The van der Waals surface area contributed by atoms with E-state index in [0.717, 1.165) is 0 Å². The van der Waals surface area contributed by atoms with Gasteiger partial charge in [-0.25, -0.2) is 0 Å². The second-order valence-electron chi connectivity index (χ2n) is 6.09. The van der Waals surface area contributed by atoms with Gasteiger partial charge in [-0.1, -0.05) is 78.8 Å². The van der Waals surface area contributed by atoms with Crippen molar-refractivity contribution in [3.05, 3.63) is 71.8 Å². The molecule has 2 aromatic rings. The monoisotopic (exact) mass is 368 g/mol. The smallest absolute Gasteiger partial charge is 0.180 e. The summed E-state index contributed by atoms with van der Waals surface area (Å²) in [5.74, 6) is 0.603. The Hall–Kier alpha value is 0.245. The van der Waals surface area contributed by atoms with Crippen LogP contribution in [0.15, 0.2) is 54.6 Å². The van der Waals surface area contributed by atoms with E-state index in [2.05, 4.69) is 77.1 Å². The first kappa shape index (κ1) is 24.5. The first-order valence-corrected chi connectivity index (χ1v) is 7.93. The number of rotatable bonds is 1. The normalized spacial score (nSPS) is 9.64. The van der Waals surface area contributed by atoms with Crippen molar-refractivity contribution in [1.29, 1.82) is 0 Å². The molecule has 2 aromatic carbocycles. The fourth-order valence-electron chi connectivity index (χ4n) is 1.70. The van der Waals surface area contributed by atoms with E-state index in [4.69, 9.17) is 0 Å². The molecule has 2 rings (SSSR count). The summed E-state index contributed by atoms with van der Waals surface area (Å²) in [6, 6.07) is 21.8. The largest absolute Gasteiger partial charge is 1.00 e. The Kier molecular flexibility index (Phi) is 15.2. The Morgan fingerprint density at radius 2 is 1.32 bits per heavy atom. The van der Waals surface area contributed by atoms with Gasteiger partial charge in [-0.05, 0) is 16.9 Å². The molecule has 0 aliphatic rings. The summed E-state index contributed by atoms with van der Waals surface area (Å²) in [4.78, 5) is 0. The summed E-state index contributed by atoms with van der Waals surface area (Å²) in [5.41, 5.74) is 2.98. The summed E-state index contributed by atoms with van der Waals surface area (Å²) < 4.78 is 0. The third kappa shape index (κ3) is 10.9. The van der Waals surface area contributed by atoms with E-state index in [1.807, 2.05) is 32.0 Å². The molecule has 0 atom stereocenters. The second kappa shape index (κ2) is 13.7. The van der Waals surface area contributed by atoms with Crippen molar-refractivity contribution in [3.8, 4) is 0 Å². The van der Waals surface area contributed by atoms with Gasteiger partial charge in [-0.3, -0.25) is 0 Å². The molecule has 0 aromatic heterocycles. The van der Waals surface area contributed by atoms with Crippen molar-refractivity contribution in [2.45, 2.75) is 59.8 Å². The predicted molar refractivity (Wildman–Crippen MR) is 95.9 cm³/mol.